The van der Waals surface area contributed by atoms with E-state index in [1.54, 1.807) is 30.5 Å². The number of pyridine rings is 1. The molecule has 7 nitrogen and oxygen atoms in total. The van der Waals surface area contributed by atoms with Crippen molar-refractivity contribution in [1.29, 1.82) is 0 Å². The molecule has 3 aromatic rings. The maximum atomic E-state index is 13.2. The van der Waals surface area contributed by atoms with Crippen LogP contribution in [0.3, 0.4) is 0 Å². The zero-order chi connectivity index (χ0) is 24.0. The van der Waals surface area contributed by atoms with Crippen LogP contribution in [0.15, 0.2) is 65.6 Å². The Labute approximate surface area is 197 Å². The molecule has 1 heterocycles. The highest BCUT2D eigenvalue weighted by atomic mass is 35.5. The monoisotopic (exact) mass is 467 g/mol. The first-order valence-electron chi connectivity index (χ1n) is 10.6. The van der Waals surface area contributed by atoms with Gasteiger partial charge in [0.25, 0.3) is 5.56 Å². The van der Waals surface area contributed by atoms with Crippen LogP contribution in [0, 0.1) is 6.92 Å². The van der Waals surface area contributed by atoms with Crippen molar-refractivity contribution in [2.45, 2.75) is 39.3 Å². The number of nitrogens with zero attached hydrogens (tertiary/aromatic N) is 1. The summed E-state index contributed by atoms with van der Waals surface area (Å²) in [6, 6.07) is 14.9. The zero-order valence-corrected chi connectivity index (χ0v) is 19.2. The van der Waals surface area contributed by atoms with Crippen LogP contribution in [0.4, 0.5) is 10.5 Å². The molecule has 8 heteroatoms. The maximum Gasteiger partial charge on any atom is 0.319 e. The number of halogens is 1. The highest BCUT2D eigenvalue weighted by Crippen LogP contribution is 2.19. The molecule has 0 saturated carbocycles. The van der Waals surface area contributed by atoms with Gasteiger partial charge in [-0.1, -0.05) is 66.6 Å². The molecule has 0 saturated heterocycles. The number of rotatable bonds is 8. The van der Waals surface area contributed by atoms with Gasteiger partial charge in [-0.25, -0.2) is 4.79 Å². The molecule has 0 spiro atoms. The standard InChI is InChI=1S/C25H26ClN3O4/c1-3-17-12-13-29(15-19-6-4-5-7-20(19)26)24(32)23(17)28-25(33)27-21(14-22(30)31)18-10-8-16(2)9-11-18/h4-13,21H,3,14-15H2,1-2H3,(H,30,31)(H2,27,28,33)/t21-/m1/s1. The number of benzene rings is 2. The van der Waals surface area contributed by atoms with E-state index in [2.05, 4.69) is 10.6 Å². The Morgan fingerprint density at radius 3 is 2.39 bits per heavy atom. The molecular formula is C25H26ClN3O4. The molecule has 0 aliphatic carbocycles. The summed E-state index contributed by atoms with van der Waals surface area (Å²) in [5.41, 5.74) is 2.93. The third kappa shape index (κ3) is 6.23. The van der Waals surface area contributed by atoms with Crippen LogP contribution in [-0.2, 0) is 17.8 Å². The fourth-order valence-corrected chi connectivity index (χ4v) is 3.70. The number of hydrogen-bond acceptors (Lipinski definition) is 3. The van der Waals surface area contributed by atoms with Gasteiger partial charge >= 0.3 is 12.0 Å². The third-order valence-electron chi connectivity index (χ3n) is 5.33. The Hall–Kier alpha value is -3.58. The van der Waals surface area contributed by atoms with Crippen molar-refractivity contribution in [2.24, 2.45) is 0 Å². The van der Waals surface area contributed by atoms with Gasteiger partial charge in [0.15, 0.2) is 0 Å². The number of carbonyl (C=O) groups is 2. The number of carboxylic acids is 1. The summed E-state index contributed by atoms with van der Waals surface area (Å²) in [6.07, 6.45) is 1.92. The second-order valence-electron chi connectivity index (χ2n) is 7.75. The molecule has 0 aliphatic heterocycles. The quantitative estimate of drug-likeness (QED) is 0.444. The molecule has 0 radical (unpaired) electrons. The lowest BCUT2D eigenvalue weighted by atomic mass is 10.0. The Morgan fingerprint density at radius 2 is 1.76 bits per heavy atom. The van der Waals surface area contributed by atoms with E-state index in [9.17, 15) is 19.5 Å². The Kier molecular flexibility index (Phi) is 7.90. The fraction of sp³-hybridized carbons (Fsp3) is 0.240. The van der Waals surface area contributed by atoms with E-state index < -0.39 is 18.0 Å². The minimum atomic E-state index is -1.04. The van der Waals surface area contributed by atoms with Gasteiger partial charge in [-0.15, -0.1) is 0 Å². The molecule has 0 aliphatic rings. The highest BCUT2D eigenvalue weighted by Gasteiger charge is 2.20. The molecule has 0 unspecified atom stereocenters. The van der Waals surface area contributed by atoms with Crippen molar-refractivity contribution in [3.8, 4) is 0 Å². The number of aromatic nitrogens is 1. The molecule has 2 aromatic carbocycles. The summed E-state index contributed by atoms with van der Waals surface area (Å²) < 4.78 is 1.48. The van der Waals surface area contributed by atoms with Crippen molar-refractivity contribution in [3.63, 3.8) is 0 Å². The van der Waals surface area contributed by atoms with Crippen LogP contribution in [0.5, 0.6) is 0 Å². The van der Waals surface area contributed by atoms with E-state index in [-0.39, 0.29) is 24.2 Å². The van der Waals surface area contributed by atoms with Crippen LogP contribution in [0.2, 0.25) is 5.02 Å². The first-order valence-corrected chi connectivity index (χ1v) is 11.0. The predicted octanol–water partition coefficient (Wildman–Crippen LogP) is 4.76. The lowest BCUT2D eigenvalue weighted by molar-refractivity contribution is -0.137. The second-order valence-corrected chi connectivity index (χ2v) is 8.16. The summed E-state index contributed by atoms with van der Waals surface area (Å²) in [4.78, 5) is 37.3. The molecule has 2 amide bonds. The zero-order valence-electron chi connectivity index (χ0n) is 18.5. The summed E-state index contributed by atoms with van der Waals surface area (Å²) >= 11 is 6.23. The van der Waals surface area contributed by atoms with Crippen LogP contribution in [-0.4, -0.2) is 21.7 Å². The summed E-state index contributed by atoms with van der Waals surface area (Å²) in [5.74, 6) is -1.04. The Morgan fingerprint density at radius 1 is 1.06 bits per heavy atom. The smallest absolute Gasteiger partial charge is 0.319 e. The molecule has 3 N–H and O–H groups in total. The molecule has 1 aromatic heterocycles. The molecular weight excluding hydrogens is 442 g/mol. The van der Waals surface area contributed by atoms with Gasteiger partial charge in [0.2, 0.25) is 0 Å². The third-order valence-corrected chi connectivity index (χ3v) is 5.70. The minimum absolute atomic E-state index is 0.155. The van der Waals surface area contributed by atoms with Crippen molar-refractivity contribution in [1.82, 2.24) is 9.88 Å². The number of carbonyl (C=O) groups excluding carboxylic acids is 1. The minimum Gasteiger partial charge on any atom is -0.481 e. The molecule has 33 heavy (non-hydrogen) atoms. The van der Waals surface area contributed by atoms with Gasteiger partial charge in [0, 0.05) is 11.2 Å². The number of aliphatic carboxylic acids is 1. The van der Waals surface area contributed by atoms with Crippen LogP contribution < -0.4 is 16.2 Å². The van der Waals surface area contributed by atoms with Gasteiger partial charge in [0.05, 0.1) is 19.0 Å². The summed E-state index contributed by atoms with van der Waals surface area (Å²) in [6.45, 7) is 4.06. The lowest BCUT2D eigenvalue weighted by Crippen LogP contribution is -2.36. The van der Waals surface area contributed by atoms with E-state index in [1.807, 2.05) is 44.2 Å². The van der Waals surface area contributed by atoms with Crippen LogP contribution in [0.1, 0.15) is 41.6 Å². The lowest BCUT2D eigenvalue weighted by Gasteiger charge is -2.19. The van der Waals surface area contributed by atoms with Crippen molar-refractivity contribution >= 4 is 29.3 Å². The van der Waals surface area contributed by atoms with Crippen molar-refractivity contribution in [2.75, 3.05) is 5.32 Å². The molecule has 172 valence electrons. The van der Waals surface area contributed by atoms with Crippen LogP contribution >= 0.6 is 11.6 Å². The molecule has 0 fully saturated rings. The second kappa shape index (κ2) is 10.8. The van der Waals surface area contributed by atoms with E-state index in [4.69, 9.17) is 11.6 Å². The van der Waals surface area contributed by atoms with Crippen LogP contribution in [0.25, 0.3) is 0 Å². The SMILES string of the molecule is CCc1ccn(Cc2ccccc2Cl)c(=O)c1NC(=O)N[C@H](CC(=O)O)c1ccc(C)cc1. The first-order chi connectivity index (χ1) is 15.8. The number of urea groups is 1. The number of aryl methyl sites for hydroxylation is 2. The normalized spacial score (nSPS) is 11.6. The van der Waals surface area contributed by atoms with Gasteiger partial charge in [-0.05, 0) is 42.2 Å². The number of anilines is 1. The van der Waals surface area contributed by atoms with E-state index in [1.165, 1.54) is 4.57 Å². The van der Waals surface area contributed by atoms with Crippen molar-refractivity contribution < 1.29 is 14.7 Å². The van der Waals surface area contributed by atoms with Gasteiger partial charge < -0.3 is 20.3 Å². The van der Waals surface area contributed by atoms with E-state index >= 15 is 0 Å². The van der Waals surface area contributed by atoms with E-state index in [0.717, 1.165) is 11.1 Å². The Balaban J connectivity index is 1.85. The number of amides is 2. The maximum absolute atomic E-state index is 13.2. The fourth-order valence-electron chi connectivity index (χ4n) is 3.51. The molecule has 0 bridgehead atoms. The topological polar surface area (TPSA) is 100 Å². The van der Waals surface area contributed by atoms with Gasteiger partial charge in [-0.3, -0.25) is 9.59 Å². The number of hydrogen-bond donors (Lipinski definition) is 3. The van der Waals surface area contributed by atoms with E-state index in [0.29, 0.717) is 22.6 Å². The average molecular weight is 468 g/mol. The highest BCUT2D eigenvalue weighted by molar-refractivity contribution is 6.31. The molecule has 3 rings (SSSR count). The first kappa shape index (κ1) is 24.1. The Bertz CT molecular complexity index is 1210. The number of carboxylic acid groups (broad SMARTS) is 1. The summed E-state index contributed by atoms with van der Waals surface area (Å²) in [5, 5.41) is 15.2. The number of nitrogens with one attached hydrogen (secondary N) is 2. The average Bonchev–Trinajstić information content (AvgIpc) is 2.78. The van der Waals surface area contributed by atoms with Crippen molar-refractivity contribution in [3.05, 3.63) is 98.4 Å². The predicted molar refractivity (Wildman–Crippen MR) is 129 cm³/mol. The van der Waals surface area contributed by atoms with Gasteiger partial charge in [-0.2, -0.15) is 0 Å². The van der Waals surface area contributed by atoms with Gasteiger partial charge in [0.1, 0.15) is 5.69 Å². The molecule has 1 atom stereocenters. The largest absolute Gasteiger partial charge is 0.481 e. The summed E-state index contributed by atoms with van der Waals surface area (Å²) in [7, 11) is 0.